The Labute approximate surface area is 87.8 Å². The van der Waals surface area contributed by atoms with Crippen LogP contribution >= 0.6 is 0 Å². The monoisotopic (exact) mass is 227 g/mol. The summed E-state index contributed by atoms with van der Waals surface area (Å²) in [6.07, 6.45) is -4.14. The lowest BCUT2D eigenvalue weighted by atomic mass is 10.2. The van der Waals surface area contributed by atoms with Gasteiger partial charge < -0.3 is 0 Å². The van der Waals surface area contributed by atoms with Crippen molar-refractivity contribution in [3.8, 4) is 12.1 Å². The van der Waals surface area contributed by atoms with E-state index in [1.54, 1.807) is 6.07 Å². The first kappa shape index (κ1) is 11.8. The van der Waals surface area contributed by atoms with Crippen LogP contribution in [0.15, 0.2) is 17.1 Å². The van der Waals surface area contributed by atoms with Gasteiger partial charge in [-0.15, -0.1) is 0 Å². The quantitative estimate of drug-likeness (QED) is 0.725. The van der Waals surface area contributed by atoms with Crippen LogP contribution in [-0.2, 0) is 12.7 Å². The molecule has 82 valence electrons. The first-order chi connectivity index (χ1) is 7.40. The van der Waals surface area contributed by atoms with E-state index in [2.05, 4.69) is 0 Å². The molecule has 0 unspecified atom stereocenters. The summed E-state index contributed by atoms with van der Waals surface area (Å²) in [6, 6.07) is 3.37. The highest BCUT2D eigenvalue weighted by molar-refractivity contribution is 5.31. The lowest BCUT2D eigenvalue weighted by Gasteiger charge is -2.09. The summed E-state index contributed by atoms with van der Waals surface area (Å²) in [4.78, 5) is 11.3. The summed E-state index contributed by atoms with van der Waals surface area (Å²) >= 11 is 0. The van der Waals surface area contributed by atoms with E-state index in [0.717, 1.165) is 0 Å². The molecule has 0 aromatic carbocycles. The summed E-state index contributed by atoms with van der Waals surface area (Å²) in [5.74, 6) is 0. The molecule has 0 aliphatic heterocycles. The van der Waals surface area contributed by atoms with Crippen LogP contribution in [0.4, 0.5) is 13.2 Å². The second kappa shape index (κ2) is 4.07. The summed E-state index contributed by atoms with van der Waals surface area (Å²) in [6.45, 7) is -0.530. The smallest absolute Gasteiger partial charge is 0.300 e. The molecule has 0 amide bonds. The number of aromatic nitrogens is 1. The first-order valence-corrected chi connectivity index (χ1v) is 3.99. The van der Waals surface area contributed by atoms with Gasteiger partial charge in [0.25, 0.3) is 5.56 Å². The molecular weight excluding hydrogens is 223 g/mol. The van der Waals surface area contributed by atoms with Crippen molar-refractivity contribution in [2.45, 2.75) is 12.7 Å². The van der Waals surface area contributed by atoms with Crippen LogP contribution in [-0.4, -0.2) is 4.57 Å². The average Bonchev–Trinajstić information content (AvgIpc) is 2.19. The van der Waals surface area contributed by atoms with E-state index < -0.39 is 29.4 Å². The molecule has 0 N–H and O–H groups in total. The molecule has 4 nitrogen and oxygen atoms in total. The Morgan fingerprint density at radius 2 is 2.00 bits per heavy atom. The number of hydrogen-bond acceptors (Lipinski definition) is 3. The summed E-state index contributed by atoms with van der Waals surface area (Å²) in [5, 5.41) is 16.8. The zero-order chi connectivity index (χ0) is 12.3. The predicted molar refractivity (Wildman–Crippen MR) is 46.0 cm³/mol. The van der Waals surface area contributed by atoms with Crippen molar-refractivity contribution in [3.63, 3.8) is 0 Å². The largest absolute Gasteiger partial charge is 0.417 e. The Hall–Kier alpha value is -2.28. The predicted octanol–water partition coefficient (Wildman–Crippen LogP) is 1.26. The molecule has 0 atom stereocenters. The topological polar surface area (TPSA) is 69.6 Å². The molecule has 1 heterocycles. The van der Waals surface area contributed by atoms with Gasteiger partial charge in [0.05, 0.1) is 11.6 Å². The number of nitrogens with zero attached hydrogens (tertiary/aromatic N) is 3. The van der Waals surface area contributed by atoms with E-state index >= 15 is 0 Å². The van der Waals surface area contributed by atoms with Gasteiger partial charge in [0.15, 0.2) is 0 Å². The highest BCUT2D eigenvalue weighted by Gasteiger charge is 2.32. The maximum Gasteiger partial charge on any atom is 0.417 e. The molecule has 0 radical (unpaired) electrons. The fraction of sp³-hybridized carbons (Fsp3) is 0.222. The van der Waals surface area contributed by atoms with Crippen molar-refractivity contribution in [1.29, 1.82) is 10.5 Å². The highest BCUT2D eigenvalue weighted by Crippen LogP contribution is 2.28. The maximum absolute atomic E-state index is 12.3. The number of alkyl halides is 3. The number of pyridine rings is 1. The number of rotatable bonds is 1. The molecular formula is C9H4F3N3O. The van der Waals surface area contributed by atoms with Gasteiger partial charge in [-0.1, -0.05) is 0 Å². The Kier molecular flexibility index (Phi) is 3.00. The minimum Gasteiger partial charge on any atom is -0.300 e. The number of halogens is 3. The van der Waals surface area contributed by atoms with Gasteiger partial charge in [-0.25, -0.2) is 0 Å². The lowest BCUT2D eigenvalue weighted by Crippen LogP contribution is -2.24. The highest BCUT2D eigenvalue weighted by atomic mass is 19.4. The van der Waals surface area contributed by atoms with E-state index in [9.17, 15) is 18.0 Å². The van der Waals surface area contributed by atoms with Crippen LogP contribution in [0.1, 0.15) is 11.1 Å². The number of hydrogen-bond donors (Lipinski definition) is 0. The zero-order valence-electron chi connectivity index (χ0n) is 7.75. The van der Waals surface area contributed by atoms with Gasteiger partial charge in [-0.3, -0.25) is 9.36 Å². The van der Waals surface area contributed by atoms with Crippen LogP contribution in [0.2, 0.25) is 0 Å². The van der Waals surface area contributed by atoms with Gasteiger partial charge in [-0.05, 0) is 6.07 Å². The molecule has 0 fully saturated rings. The van der Waals surface area contributed by atoms with E-state index in [1.165, 1.54) is 6.07 Å². The molecule has 0 saturated heterocycles. The number of nitriles is 2. The Bertz CT molecular complexity index is 545. The maximum atomic E-state index is 12.3. The van der Waals surface area contributed by atoms with Gasteiger partial charge in [-0.2, -0.15) is 23.7 Å². The van der Waals surface area contributed by atoms with E-state index in [0.29, 0.717) is 16.8 Å². The Morgan fingerprint density at radius 1 is 1.38 bits per heavy atom. The minimum atomic E-state index is -4.66. The molecule has 1 aromatic rings. The molecule has 16 heavy (non-hydrogen) atoms. The molecule has 0 aliphatic carbocycles. The van der Waals surface area contributed by atoms with E-state index in [-0.39, 0.29) is 0 Å². The minimum absolute atomic E-state index is 0.468. The SMILES string of the molecule is N#CCn1cc(C(F)(F)F)cc(C#N)c1=O. The van der Waals surface area contributed by atoms with Gasteiger partial charge in [0.2, 0.25) is 0 Å². The van der Waals surface area contributed by atoms with E-state index in [4.69, 9.17) is 10.5 Å². The van der Waals surface area contributed by atoms with Gasteiger partial charge >= 0.3 is 6.18 Å². The van der Waals surface area contributed by atoms with Crippen LogP contribution in [0, 0.1) is 22.7 Å². The van der Waals surface area contributed by atoms with Crippen LogP contribution in [0.5, 0.6) is 0 Å². The molecule has 0 spiro atoms. The summed E-state index contributed by atoms with van der Waals surface area (Å²) in [5.41, 5.74) is -2.67. The van der Waals surface area contributed by atoms with Crippen molar-refractivity contribution < 1.29 is 13.2 Å². The fourth-order valence-electron chi connectivity index (χ4n) is 1.06. The van der Waals surface area contributed by atoms with Crippen LogP contribution in [0.3, 0.4) is 0 Å². The van der Waals surface area contributed by atoms with Crippen molar-refractivity contribution in [3.05, 3.63) is 33.7 Å². The first-order valence-electron chi connectivity index (χ1n) is 3.99. The van der Waals surface area contributed by atoms with Crippen molar-refractivity contribution in [1.82, 2.24) is 4.57 Å². The normalized spacial score (nSPS) is 10.6. The molecule has 1 rings (SSSR count). The molecule has 0 saturated carbocycles. The molecule has 7 heteroatoms. The molecule has 1 aromatic heterocycles. The van der Waals surface area contributed by atoms with Gasteiger partial charge in [0.1, 0.15) is 18.2 Å². The summed E-state index contributed by atoms with van der Waals surface area (Å²) < 4.78 is 37.6. The zero-order valence-corrected chi connectivity index (χ0v) is 7.75. The second-order valence-corrected chi connectivity index (χ2v) is 2.84. The van der Waals surface area contributed by atoms with Crippen molar-refractivity contribution in [2.24, 2.45) is 0 Å². The molecule has 0 aliphatic rings. The lowest BCUT2D eigenvalue weighted by molar-refractivity contribution is -0.138. The van der Waals surface area contributed by atoms with E-state index in [1.807, 2.05) is 0 Å². The van der Waals surface area contributed by atoms with Crippen LogP contribution in [0.25, 0.3) is 0 Å². The second-order valence-electron chi connectivity index (χ2n) is 2.84. The fourth-order valence-corrected chi connectivity index (χ4v) is 1.06. The Morgan fingerprint density at radius 3 is 2.44 bits per heavy atom. The average molecular weight is 227 g/mol. The molecule has 0 bridgehead atoms. The van der Waals surface area contributed by atoms with Gasteiger partial charge in [0, 0.05) is 6.20 Å². The standard InChI is InChI=1S/C9H4F3N3O/c10-9(11,12)7-3-6(4-14)8(16)15(5-7)2-1-13/h3,5H,2H2. The van der Waals surface area contributed by atoms with Crippen molar-refractivity contribution in [2.75, 3.05) is 0 Å². The third kappa shape index (κ3) is 2.20. The Balaban J connectivity index is 3.49. The van der Waals surface area contributed by atoms with Crippen molar-refractivity contribution >= 4 is 0 Å². The third-order valence-electron chi connectivity index (χ3n) is 1.77. The third-order valence-corrected chi connectivity index (χ3v) is 1.77. The summed E-state index contributed by atoms with van der Waals surface area (Å²) in [7, 11) is 0. The van der Waals surface area contributed by atoms with Crippen LogP contribution < -0.4 is 5.56 Å².